The highest BCUT2D eigenvalue weighted by Gasteiger charge is 2.29. The van der Waals surface area contributed by atoms with Gasteiger partial charge in [0.05, 0.1) is 31.4 Å². The van der Waals surface area contributed by atoms with Crippen LogP contribution in [0, 0.1) is 12.3 Å². The monoisotopic (exact) mass is 385 g/mol. The van der Waals surface area contributed by atoms with Crippen LogP contribution in [0.25, 0.3) is 0 Å². The molecule has 3 N–H and O–H groups in total. The van der Waals surface area contributed by atoms with Crippen LogP contribution in [-0.2, 0) is 9.63 Å². The van der Waals surface area contributed by atoms with Gasteiger partial charge in [-0.2, -0.15) is 10.6 Å². The van der Waals surface area contributed by atoms with Crippen LogP contribution in [0.1, 0.15) is 23.6 Å². The number of piperazine rings is 1. The van der Waals surface area contributed by atoms with Crippen molar-refractivity contribution in [3.63, 3.8) is 0 Å². The van der Waals surface area contributed by atoms with Gasteiger partial charge in [-0.1, -0.05) is 30.2 Å². The lowest BCUT2D eigenvalue weighted by atomic mass is 10.0. The predicted molar refractivity (Wildman–Crippen MR) is 107 cm³/mol. The summed E-state index contributed by atoms with van der Waals surface area (Å²) in [5, 5.41) is 12.9. The number of carboxylic acids is 1. The Morgan fingerprint density at radius 3 is 2.71 bits per heavy atom. The summed E-state index contributed by atoms with van der Waals surface area (Å²) < 4.78 is 0. The molecule has 3 rings (SSSR count). The highest BCUT2D eigenvalue weighted by atomic mass is 16.7. The second-order valence-corrected chi connectivity index (χ2v) is 7.08. The molecule has 1 aromatic carbocycles. The van der Waals surface area contributed by atoms with Crippen LogP contribution >= 0.6 is 0 Å². The van der Waals surface area contributed by atoms with Crippen molar-refractivity contribution in [2.24, 2.45) is 5.10 Å². The van der Waals surface area contributed by atoms with Crippen LogP contribution in [0.4, 0.5) is 0 Å². The number of hydroxylamine groups is 1. The topological polar surface area (TPSA) is 89.4 Å². The van der Waals surface area contributed by atoms with Gasteiger partial charge in [-0.3, -0.25) is 24.9 Å². The van der Waals surface area contributed by atoms with E-state index < -0.39 is 5.97 Å². The van der Waals surface area contributed by atoms with Crippen LogP contribution < -0.4 is 10.9 Å². The summed E-state index contributed by atoms with van der Waals surface area (Å²) in [5.74, 6) is 1.70. The lowest BCUT2D eigenvalue weighted by molar-refractivity contribution is -0.138. The van der Waals surface area contributed by atoms with Gasteiger partial charge in [0.1, 0.15) is 0 Å². The number of carboxylic acid groups (broad SMARTS) is 1. The molecule has 0 radical (unpaired) electrons. The fraction of sp³-hybridized carbons (Fsp3) is 0.500. The van der Waals surface area contributed by atoms with Crippen molar-refractivity contribution >= 4 is 12.2 Å². The van der Waals surface area contributed by atoms with Crippen molar-refractivity contribution in [1.82, 2.24) is 20.7 Å². The molecule has 0 spiro atoms. The van der Waals surface area contributed by atoms with Crippen LogP contribution in [0.3, 0.4) is 0 Å². The van der Waals surface area contributed by atoms with Crippen LogP contribution in [-0.4, -0.2) is 79.0 Å². The lowest BCUT2D eigenvalue weighted by Crippen LogP contribution is -2.49. The smallest absolute Gasteiger partial charge is 0.317 e. The van der Waals surface area contributed by atoms with Gasteiger partial charge in [0.15, 0.2) is 0 Å². The van der Waals surface area contributed by atoms with Gasteiger partial charge < -0.3 is 5.11 Å². The Hall–Kier alpha value is -2.44. The Balaban J connectivity index is 1.42. The average Bonchev–Trinajstić information content (AvgIpc) is 3.15. The summed E-state index contributed by atoms with van der Waals surface area (Å²) in [4.78, 5) is 20.9. The Bertz CT molecular complexity index is 708. The second-order valence-electron chi connectivity index (χ2n) is 7.08. The maximum atomic E-state index is 10.8. The number of terminal acetylenes is 1. The molecule has 150 valence electrons. The van der Waals surface area contributed by atoms with Crippen LogP contribution in [0.2, 0.25) is 0 Å². The maximum Gasteiger partial charge on any atom is 0.317 e. The first-order chi connectivity index (χ1) is 13.6. The lowest BCUT2D eigenvalue weighted by Gasteiger charge is -2.34. The van der Waals surface area contributed by atoms with E-state index in [0.29, 0.717) is 6.54 Å². The van der Waals surface area contributed by atoms with Gasteiger partial charge in [0, 0.05) is 32.7 Å². The van der Waals surface area contributed by atoms with Gasteiger partial charge >= 0.3 is 5.97 Å². The molecule has 1 aromatic rings. The summed E-state index contributed by atoms with van der Waals surface area (Å²) in [6.07, 6.45) is 7.94. The number of carbonyl (C=O) groups is 1. The Morgan fingerprint density at radius 2 is 2.04 bits per heavy atom. The molecule has 2 aliphatic rings. The SMILES string of the molecule is C#CCNN=Cc1ccc(C2CC(CN3CCN(CC(=O)O)CC3)ON2)cc1. The summed E-state index contributed by atoms with van der Waals surface area (Å²) >= 11 is 0. The number of benzene rings is 1. The number of hydrogen-bond acceptors (Lipinski definition) is 7. The van der Waals surface area contributed by atoms with Crippen LogP contribution in [0.5, 0.6) is 0 Å². The average molecular weight is 385 g/mol. The first-order valence-corrected chi connectivity index (χ1v) is 9.51. The van der Waals surface area contributed by atoms with Gasteiger partial charge in [0.25, 0.3) is 0 Å². The standard InChI is InChI=1S/C20H27N5O3/c1-2-7-21-22-13-16-3-5-17(6-4-16)19-12-18(28-23-19)14-24-8-10-25(11-9-24)15-20(26)27/h1,3-6,13,18-19,21,23H,7-12,14-15H2,(H,26,27). The van der Waals surface area contributed by atoms with Crippen molar-refractivity contribution in [1.29, 1.82) is 0 Å². The quantitative estimate of drug-likeness (QED) is 0.256. The molecule has 2 fully saturated rings. The molecule has 2 unspecified atom stereocenters. The van der Waals surface area contributed by atoms with E-state index in [9.17, 15) is 4.79 Å². The molecule has 0 saturated carbocycles. The highest BCUT2D eigenvalue weighted by molar-refractivity contribution is 5.79. The summed E-state index contributed by atoms with van der Waals surface area (Å²) in [5.41, 5.74) is 8.10. The Morgan fingerprint density at radius 1 is 1.32 bits per heavy atom. The fourth-order valence-corrected chi connectivity index (χ4v) is 3.49. The van der Waals surface area contributed by atoms with E-state index in [1.807, 2.05) is 17.0 Å². The zero-order valence-electron chi connectivity index (χ0n) is 15.9. The maximum absolute atomic E-state index is 10.8. The zero-order chi connectivity index (χ0) is 19.8. The minimum absolute atomic E-state index is 0.123. The number of rotatable bonds is 8. The number of nitrogens with zero attached hydrogens (tertiary/aromatic N) is 3. The first-order valence-electron chi connectivity index (χ1n) is 9.51. The summed E-state index contributed by atoms with van der Waals surface area (Å²) in [6, 6.07) is 8.37. The van der Waals surface area contributed by atoms with Crippen molar-refractivity contribution in [3.05, 3.63) is 35.4 Å². The minimum Gasteiger partial charge on any atom is -0.480 e. The van der Waals surface area contributed by atoms with E-state index in [1.165, 1.54) is 5.56 Å². The van der Waals surface area contributed by atoms with Crippen LogP contribution in [0.15, 0.2) is 29.4 Å². The third-order valence-corrected chi connectivity index (χ3v) is 4.99. The van der Waals surface area contributed by atoms with Gasteiger partial charge in [-0.15, -0.1) is 6.42 Å². The molecule has 2 heterocycles. The Labute approximate surface area is 165 Å². The summed E-state index contributed by atoms with van der Waals surface area (Å²) in [7, 11) is 0. The summed E-state index contributed by atoms with van der Waals surface area (Å²) in [6.45, 7) is 4.71. The molecule has 28 heavy (non-hydrogen) atoms. The Kier molecular flexibility index (Phi) is 7.39. The van der Waals surface area contributed by atoms with Crippen molar-refractivity contribution < 1.29 is 14.7 Å². The third kappa shape index (κ3) is 6.04. The number of hydrogen-bond donors (Lipinski definition) is 3. The minimum atomic E-state index is -0.763. The van der Waals surface area contributed by atoms with Gasteiger partial charge in [0.2, 0.25) is 0 Å². The van der Waals surface area contributed by atoms with E-state index in [0.717, 1.165) is 44.7 Å². The molecule has 8 heteroatoms. The van der Waals surface area contributed by atoms with E-state index in [1.54, 1.807) is 6.21 Å². The third-order valence-electron chi connectivity index (χ3n) is 4.99. The molecule has 0 aromatic heterocycles. The van der Waals surface area contributed by atoms with Gasteiger partial charge in [-0.25, -0.2) is 0 Å². The highest BCUT2D eigenvalue weighted by Crippen LogP contribution is 2.26. The largest absolute Gasteiger partial charge is 0.480 e. The van der Waals surface area contributed by atoms with Gasteiger partial charge in [-0.05, 0) is 17.5 Å². The molecule has 2 saturated heterocycles. The normalized spacial score (nSPS) is 23.7. The molecule has 0 bridgehead atoms. The molecular formula is C20H27N5O3. The molecular weight excluding hydrogens is 358 g/mol. The molecule has 2 aliphatic heterocycles. The first kappa shape index (κ1) is 20.3. The molecule has 2 atom stereocenters. The zero-order valence-corrected chi connectivity index (χ0v) is 15.9. The second kappa shape index (κ2) is 10.2. The van der Waals surface area contributed by atoms with Crippen molar-refractivity contribution in [2.45, 2.75) is 18.6 Å². The van der Waals surface area contributed by atoms with E-state index in [-0.39, 0.29) is 18.7 Å². The number of aliphatic carboxylic acids is 1. The predicted octanol–water partition coefficient (Wildman–Crippen LogP) is 0.280. The molecule has 8 nitrogen and oxygen atoms in total. The number of nitrogens with one attached hydrogen (secondary N) is 2. The number of hydrazone groups is 1. The molecule has 0 aliphatic carbocycles. The van der Waals surface area contributed by atoms with E-state index >= 15 is 0 Å². The van der Waals surface area contributed by atoms with Crippen molar-refractivity contribution in [2.75, 3.05) is 45.8 Å². The van der Waals surface area contributed by atoms with E-state index in [4.69, 9.17) is 16.4 Å². The van der Waals surface area contributed by atoms with E-state index in [2.05, 4.69) is 39.0 Å². The fourth-order valence-electron chi connectivity index (χ4n) is 3.49. The van der Waals surface area contributed by atoms with Crippen molar-refractivity contribution in [3.8, 4) is 12.3 Å². The molecule has 0 amide bonds.